The van der Waals surface area contributed by atoms with Gasteiger partial charge in [0.15, 0.2) is 5.78 Å². The summed E-state index contributed by atoms with van der Waals surface area (Å²) in [5.41, 5.74) is 0.576. The first-order valence-electron chi connectivity index (χ1n) is 12.4. The number of aryl methyl sites for hydroxylation is 1. The van der Waals surface area contributed by atoms with Gasteiger partial charge in [-0.15, -0.1) is 0 Å². The van der Waals surface area contributed by atoms with Crippen LogP contribution in [0, 0.1) is 5.92 Å². The van der Waals surface area contributed by atoms with Gasteiger partial charge in [0.2, 0.25) is 0 Å². The highest BCUT2D eigenvalue weighted by Gasteiger charge is 2.48. The standard InChI is InChI=1S/C29H28F3NO5/c1-4-37-27(35)22-16(3)33-25(20-15-14-17-10-6-7-11-18(17)26(20)34)24(28(36)38-5-2)23(22)19-12-8-9-13-21(19)29(30,31)32/h6-13,23-24,33H,4-5,14-15H2,1-3H3/t23-,24+/m1/s1. The Morgan fingerprint density at radius 3 is 2.32 bits per heavy atom. The van der Waals surface area contributed by atoms with Gasteiger partial charge in [0, 0.05) is 28.4 Å². The first kappa shape index (κ1) is 27.2. The zero-order chi connectivity index (χ0) is 27.6. The second kappa shape index (κ2) is 10.8. The van der Waals surface area contributed by atoms with Crippen LogP contribution in [0.2, 0.25) is 0 Å². The molecule has 0 aromatic heterocycles. The molecule has 1 heterocycles. The quantitative estimate of drug-likeness (QED) is 0.409. The average molecular weight is 528 g/mol. The Morgan fingerprint density at radius 1 is 0.974 bits per heavy atom. The van der Waals surface area contributed by atoms with Crippen molar-refractivity contribution >= 4 is 17.7 Å². The fourth-order valence-electron chi connectivity index (χ4n) is 5.27. The smallest absolute Gasteiger partial charge is 0.416 e. The number of benzene rings is 2. The van der Waals surface area contributed by atoms with Crippen molar-refractivity contribution in [2.75, 3.05) is 13.2 Å². The molecule has 2 aliphatic rings. The lowest BCUT2D eigenvalue weighted by Gasteiger charge is -2.38. The molecule has 0 spiro atoms. The van der Waals surface area contributed by atoms with E-state index in [-0.39, 0.29) is 53.5 Å². The monoisotopic (exact) mass is 527 g/mol. The molecule has 2 atom stereocenters. The molecule has 200 valence electrons. The van der Waals surface area contributed by atoms with Crippen LogP contribution in [-0.4, -0.2) is 30.9 Å². The lowest BCUT2D eigenvalue weighted by atomic mass is 9.71. The van der Waals surface area contributed by atoms with Crippen molar-refractivity contribution in [3.8, 4) is 0 Å². The third kappa shape index (κ3) is 4.97. The Balaban J connectivity index is 2.02. The van der Waals surface area contributed by atoms with Gasteiger partial charge in [-0.05, 0) is 50.8 Å². The summed E-state index contributed by atoms with van der Waals surface area (Å²) in [5.74, 6) is -4.83. The van der Waals surface area contributed by atoms with Crippen LogP contribution in [0.5, 0.6) is 0 Å². The first-order valence-corrected chi connectivity index (χ1v) is 12.4. The number of nitrogens with one attached hydrogen (secondary N) is 1. The Kier molecular flexibility index (Phi) is 7.76. The molecule has 9 heteroatoms. The highest BCUT2D eigenvalue weighted by atomic mass is 19.4. The zero-order valence-corrected chi connectivity index (χ0v) is 21.3. The fourth-order valence-corrected chi connectivity index (χ4v) is 5.27. The van der Waals surface area contributed by atoms with E-state index in [4.69, 9.17) is 9.47 Å². The van der Waals surface area contributed by atoms with E-state index >= 15 is 0 Å². The minimum absolute atomic E-state index is 0.0173. The number of hydrogen-bond donors (Lipinski definition) is 1. The van der Waals surface area contributed by atoms with Gasteiger partial charge in [-0.1, -0.05) is 42.5 Å². The van der Waals surface area contributed by atoms with Gasteiger partial charge >= 0.3 is 18.1 Å². The van der Waals surface area contributed by atoms with Crippen LogP contribution in [0.15, 0.2) is 71.1 Å². The Morgan fingerprint density at radius 2 is 1.63 bits per heavy atom. The van der Waals surface area contributed by atoms with Crippen LogP contribution in [-0.2, 0) is 31.7 Å². The highest BCUT2D eigenvalue weighted by Crippen LogP contribution is 2.47. The maximum absolute atomic E-state index is 14.2. The molecule has 1 aliphatic heterocycles. The van der Waals surface area contributed by atoms with E-state index in [1.807, 2.05) is 12.1 Å². The van der Waals surface area contributed by atoms with Gasteiger partial charge in [0.25, 0.3) is 0 Å². The number of ether oxygens (including phenoxy) is 2. The molecule has 38 heavy (non-hydrogen) atoms. The molecule has 6 nitrogen and oxygen atoms in total. The zero-order valence-electron chi connectivity index (χ0n) is 21.3. The molecule has 1 N–H and O–H groups in total. The average Bonchev–Trinajstić information content (AvgIpc) is 2.88. The van der Waals surface area contributed by atoms with E-state index in [2.05, 4.69) is 5.32 Å². The second-order valence-electron chi connectivity index (χ2n) is 9.06. The summed E-state index contributed by atoms with van der Waals surface area (Å²) >= 11 is 0. The van der Waals surface area contributed by atoms with Crippen molar-refractivity contribution in [1.29, 1.82) is 0 Å². The molecule has 4 rings (SSSR count). The number of Topliss-reactive ketones (excluding diaryl/α,β-unsaturated/α-hetero) is 1. The van der Waals surface area contributed by atoms with Crippen LogP contribution in [0.4, 0.5) is 13.2 Å². The molecular weight excluding hydrogens is 499 g/mol. The minimum atomic E-state index is -4.76. The number of esters is 2. The fraction of sp³-hybridized carbons (Fsp3) is 0.345. The van der Waals surface area contributed by atoms with Gasteiger partial charge in [-0.25, -0.2) is 4.79 Å². The molecule has 2 aromatic rings. The molecule has 0 saturated heterocycles. The Bertz CT molecular complexity index is 1340. The maximum atomic E-state index is 14.2. The van der Waals surface area contributed by atoms with E-state index in [1.54, 1.807) is 26.0 Å². The van der Waals surface area contributed by atoms with Crippen LogP contribution < -0.4 is 5.32 Å². The minimum Gasteiger partial charge on any atom is -0.465 e. The number of alkyl halides is 3. The molecule has 0 radical (unpaired) electrons. The molecule has 1 aliphatic carbocycles. The summed E-state index contributed by atoms with van der Waals surface area (Å²) in [5, 5.41) is 3.04. The maximum Gasteiger partial charge on any atom is 0.416 e. The summed E-state index contributed by atoms with van der Waals surface area (Å²) in [7, 11) is 0. The molecule has 0 fully saturated rings. The van der Waals surface area contributed by atoms with Crippen LogP contribution in [0.25, 0.3) is 0 Å². The van der Waals surface area contributed by atoms with E-state index < -0.39 is 35.5 Å². The predicted octanol–water partition coefficient (Wildman–Crippen LogP) is 5.49. The predicted molar refractivity (Wildman–Crippen MR) is 133 cm³/mol. The highest BCUT2D eigenvalue weighted by molar-refractivity contribution is 6.11. The number of carbonyl (C=O) groups excluding carboxylic acids is 3. The molecular formula is C29H28F3NO5. The van der Waals surface area contributed by atoms with Gasteiger partial charge in [-0.3, -0.25) is 9.59 Å². The Labute approximate surface area is 218 Å². The van der Waals surface area contributed by atoms with E-state index in [9.17, 15) is 27.6 Å². The molecule has 0 unspecified atom stereocenters. The number of halogens is 3. The topological polar surface area (TPSA) is 81.7 Å². The first-order chi connectivity index (χ1) is 18.1. The van der Waals surface area contributed by atoms with Gasteiger partial charge in [0.05, 0.1) is 24.4 Å². The normalized spacial score (nSPS) is 21.5. The second-order valence-corrected chi connectivity index (χ2v) is 9.06. The van der Waals surface area contributed by atoms with Crippen molar-refractivity contribution < 1.29 is 37.0 Å². The molecule has 2 aromatic carbocycles. The van der Waals surface area contributed by atoms with Crippen LogP contribution >= 0.6 is 0 Å². The number of hydrogen-bond acceptors (Lipinski definition) is 6. The van der Waals surface area contributed by atoms with Crippen LogP contribution in [0.1, 0.15) is 60.2 Å². The van der Waals surface area contributed by atoms with Crippen molar-refractivity contribution in [1.82, 2.24) is 5.32 Å². The number of fused-ring (bicyclic) bond motifs is 1. The lowest BCUT2D eigenvalue weighted by molar-refractivity contribution is -0.149. The summed E-state index contributed by atoms with van der Waals surface area (Å²) in [4.78, 5) is 40.3. The van der Waals surface area contributed by atoms with E-state index in [0.29, 0.717) is 12.0 Å². The molecule has 0 amide bonds. The SMILES string of the molecule is CCOC(=O)C1=C(C)NC(=C2CCc3ccccc3C2=O)[C@@H](C(=O)OCC)[C@@H]1c1ccccc1C(F)(F)F. The molecule has 0 saturated carbocycles. The van der Waals surface area contributed by atoms with Crippen molar-refractivity contribution in [3.05, 3.63) is 93.3 Å². The van der Waals surface area contributed by atoms with Crippen molar-refractivity contribution in [2.24, 2.45) is 5.92 Å². The summed E-state index contributed by atoms with van der Waals surface area (Å²) < 4.78 is 53.1. The van der Waals surface area contributed by atoms with Gasteiger partial charge in [-0.2, -0.15) is 13.2 Å². The van der Waals surface area contributed by atoms with Gasteiger partial charge < -0.3 is 14.8 Å². The summed E-state index contributed by atoms with van der Waals surface area (Å²) in [6.45, 7) is 4.63. The van der Waals surface area contributed by atoms with Crippen molar-refractivity contribution in [2.45, 2.75) is 45.7 Å². The summed E-state index contributed by atoms with van der Waals surface area (Å²) in [6.07, 6.45) is -3.99. The number of rotatable bonds is 5. The number of allylic oxidation sites excluding steroid dienone is 2. The van der Waals surface area contributed by atoms with Crippen molar-refractivity contribution in [3.63, 3.8) is 0 Å². The third-order valence-corrected chi connectivity index (χ3v) is 6.82. The van der Waals surface area contributed by atoms with E-state index in [0.717, 1.165) is 11.6 Å². The number of ketones is 1. The largest absolute Gasteiger partial charge is 0.465 e. The lowest BCUT2D eigenvalue weighted by Crippen LogP contribution is -2.42. The van der Waals surface area contributed by atoms with E-state index in [1.165, 1.54) is 25.1 Å². The van der Waals surface area contributed by atoms with Crippen LogP contribution in [0.3, 0.4) is 0 Å². The summed E-state index contributed by atoms with van der Waals surface area (Å²) in [6, 6.07) is 11.9. The third-order valence-electron chi connectivity index (χ3n) is 6.82. The molecule has 0 bridgehead atoms. The Hall–Kier alpha value is -3.88. The number of carbonyl (C=O) groups is 3. The van der Waals surface area contributed by atoms with Gasteiger partial charge in [0.1, 0.15) is 5.92 Å².